The predicted octanol–water partition coefficient (Wildman–Crippen LogP) is 1.24. The van der Waals surface area contributed by atoms with Crippen LogP contribution in [0.25, 0.3) is 0 Å². The van der Waals surface area contributed by atoms with E-state index in [2.05, 4.69) is 15.3 Å². The first kappa shape index (κ1) is 14.9. The molecule has 1 N–H and O–H groups in total. The molecule has 0 unspecified atom stereocenters. The lowest BCUT2D eigenvalue weighted by atomic mass is 10.3. The van der Waals surface area contributed by atoms with E-state index in [1.807, 2.05) is 0 Å². The van der Waals surface area contributed by atoms with Crippen molar-refractivity contribution in [2.45, 2.75) is 4.90 Å². The zero-order chi connectivity index (χ0) is 15.4. The number of hydrogen-bond acceptors (Lipinski definition) is 6. The van der Waals surface area contributed by atoms with Gasteiger partial charge >= 0.3 is 0 Å². The molecule has 2 heterocycles. The average Bonchev–Trinajstić information content (AvgIpc) is 2.57. The highest BCUT2D eigenvalue weighted by molar-refractivity contribution is 7.89. The molecule has 3 rings (SSSR count). The number of nitrogens with zero attached hydrogens (tertiary/aromatic N) is 3. The van der Waals surface area contributed by atoms with Gasteiger partial charge < -0.3 is 10.1 Å². The third kappa shape index (κ3) is 3.24. The molecule has 2 aromatic rings. The lowest BCUT2D eigenvalue weighted by Gasteiger charge is -2.26. The molecule has 116 valence electrons. The molecule has 7 nitrogen and oxygen atoms in total. The Hall–Kier alpha value is -2.03. The number of sulfonamides is 1. The normalized spacial score (nSPS) is 16.4. The third-order valence-electron chi connectivity index (χ3n) is 3.26. The second kappa shape index (κ2) is 6.39. The predicted molar refractivity (Wildman–Crippen MR) is 81.3 cm³/mol. The Morgan fingerprint density at radius 3 is 2.55 bits per heavy atom. The highest BCUT2D eigenvalue weighted by Gasteiger charge is 2.26. The zero-order valence-corrected chi connectivity index (χ0v) is 12.7. The van der Waals surface area contributed by atoms with Gasteiger partial charge in [0.25, 0.3) is 0 Å². The monoisotopic (exact) mass is 320 g/mol. The zero-order valence-electron chi connectivity index (χ0n) is 11.8. The second-order valence-electron chi connectivity index (χ2n) is 4.74. The Labute approximate surface area is 129 Å². The van der Waals surface area contributed by atoms with Gasteiger partial charge in [-0.1, -0.05) is 6.07 Å². The van der Waals surface area contributed by atoms with E-state index in [4.69, 9.17) is 4.74 Å². The van der Waals surface area contributed by atoms with Crippen LogP contribution in [0.2, 0.25) is 0 Å². The minimum absolute atomic E-state index is 0.246. The number of benzene rings is 1. The molecular weight excluding hydrogens is 304 g/mol. The summed E-state index contributed by atoms with van der Waals surface area (Å²) in [6.45, 7) is 1.60. The van der Waals surface area contributed by atoms with Crippen LogP contribution in [0.5, 0.6) is 0 Å². The Morgan fingerprint density at radius 2 is 1.82 bits per heavy atom. The molecule has 22 heavy (non-hydrogen) atoms. The Kier molecular flexibility index (Phi) is 4.32. The first-order valence-corrected chi connectivity index (χ1v) is 8.32. The van der Waals surface area contributed by atoms with Gasteiger partial charge in [-0.2, -0.15) is 4.31 Å². The van der Waals surface area contributed by atoms with Crippen molar-refractivity contribution in [3.05, 3.63) is 42.7 Å². The fraction of sp³-hybridized carbons (Fsp3) is 0.286. The second-order valence-corrected chi connectivity index (χ2v) is 6.68. The van der Waals surface area contributed by atoms with Crippen LogP contribution in [-0.2, 0) is 14.8 Å². The van der Waals surface area contributed by atoms with Gasteiger partial charge in [0.2, 0.25) is 16.0 Å². The van der Waals surface area contributed by atoms with Crippen LogP contribution >= 0.6 is 0 Å². The van der Waals surface area contributed by atoms with Gasteiger partial charge in [0, 0.05) is 31.2 Å². The molecule has 0 bridgehead atoms. The summed E-state index contributed by atoms with van der Waals surface area (Å²) in [7, 11) is -3.50. The molecule has 0 saturated carbocycles. The summed E-state index contributed by atoms with van der Waals surface area (Å²) in [6.07, 6.45) is 3.23. The van der Waals surface area contributed by atoms with Gasteiger partial charge in [-0.15, -0.1) is 0 Å². The van der Waals surface area contributed by atoms with E-state index in [9.17, 15) is 8.42 Å². The number of ether oxygens (including phenoxy) is 1. The Bertz CT molecular complexity index is 731. The van der Waals surface area contributed by atoms with E-state index in [1.54, 1.807) is 42.7 Å². The summed E-state index contributed by atoms with van der Waals surface area (Å²) >= 11 is 0. The van der Waals surface area contributed by atoms with Crippen molar-refractivity contribution in [1.29, 1.82) is 0 Å². The van der Waals surface area contributed by atoms with E-state index in [-0.39, 0.29) is 4.90 Å². The van der Waals surface area contributed by atoms with Crippen molar-refractivity contribution in [2.24, 2.45) is 0 Å². The van der Waals surface area contributed by atoms with Gasteiger partial charge in [-0.05, 0) is 24.3 Å². The topological polar surface area (TPSA) is 84.4 Å². The summed E-state index contributed by atoms with van der Waals surface area (Å²) in [4.78, 5) is 8.36. The van der Waals surface area contributed by atoms with Gasteiger partial charge in [-0.3, -0.25) is 0 Å². The van der Waals surface area contributed by atoms with E-state index in [0.717, 1.165) is 0 Å². The van der Waals surface area contributed by atoms with Gasteiger partial charge in [0.05, 0.1) is 18.1 Å². The maximum Gasteiger partial charge on any atom is 0.243 e. The van der Waals surface area contributed by atoms with Crippen molar-refractivity contribution in [1.82, 2.24) is 14.3 Å². The lowest BCUT2D eigenvalue weighted by molar-refractivity contribution is 0.0730. The van der Waals surface area contributed by atoms with Crippen LogP contribution < -0.4 is 5.32 Å². The van der Waals surface area contributed by atoms with Gasteiger partial charge in [0.1, 0.15) is 0 Å². The molecule has 1 fully saturated rings. The summed E-state index contributed by atoms with van der Waals surface area (Å²) in [5.41, 5.74) is 0.625. The van der Waals surface area contributed by atoms with E-state index in [1.165, 1.54) is 4.31 Å². The van der Waals surface area contributed by atoms with Crippen LogP contribution in [0.15, 0.2) is 47.6 Å². The molecule has 0 aliphatic carbocycles. The molecule has 0 amide bonds. The summed E-state index contributed by atoms with van der Waals surface area (Å²) in [5, 5.41) is 2.99. The molecular formula is C14H16N4O3S. The smallest absolute Gasteiger partial charge is 0.243 e. The van der Waals surface area contributed by atoms with Crippen LogP contribution in [0.1, 0.15) is 0 Å². The van der Waals surface area contributed by atoms with E-state index in [0.29, 0.717) is 37.9 Å². The molecule has 0 spiro atoms. The van der Waals surface area contributed by atoms with Crippen molar-refractivity contribution >= 4 is 21.7 Å². The molecule has 0 atom stereocenters. The number of morpholine rings is 1. The van der Waals surface area contributed by atoms with E-state index >= 15 is 0 Å². The standard InChI is InChI=1S/C14H16N4O3S/c19-22(20,18-7-9-21-10-8-18)13-4-1-3-12(11-13)17-14-15-5-2-6-16-14/h1-6,11H,7-10H2,(H,15,16,17). The van der Waals surface area contributed by atoms with Crippen molar-refractivity contribution < 1.29 is 13.2 Å². The molecule has 1 aromatic heterocycles. The Balaban J connectivity index is 1.84. The van der Waals surface area contributed by atoms with Crippen LogP contribution in [0.4, 0.5) is 11.6 Å². The minimum Gasteiger partial charge on any atom is -0.379 e. The molecule has 1 aliphatic heterocycles. The molecule has 0 radical (unpaired) electrons. The SMILES string of the molecule is O=S(=O)(c1cccc(Nc2ncccn2)c1)N1CCOCC1. The van der Waals surface area contributed by atoms with Crippen molar-refractivity contribution in [3.8, 4) is 0 Å². The fourth-order valence-corrected chi connectivity index (χ4v) is 3.62. The summed E-state index contributed by atoms with van der Waals surface area (Å²) < 4.78 is 31.8. The first-order valence-electron chi connectivity index (χ1n) is 6.88. The largest absolute Gasteiger partial charge is 0.379 e. The highest BCUT2D eigenvalue weighted by atomic mass is 32.2. The quantitative estimate of drug-likeness (QED) is 0.912. The number of aromatic nitrogens is 2. The third-order valence-corrected chi connectivity index (χ3v) is 5.16. The first-order chi connectivity index (χ1) is 10.7. The fourth-order valence-electron chi connectivity index (χ4n) is 2.16. The van der Waals surface area contributed by atoms with Gasteiger partial charge in [-0.25, -0.2) is 18.4 Å². The van der Waals surface area contributed by atoms with Crippen LogP contribution in [0, 0.1) is 0 Å². The highest BCUT2D eigenvalue weighted by Crippen LogP contribution is 2.21. The molecule has 8 heteroatoms. The summed E-state index contributed by atoms with van der Waals surface area (Å²) in [5.74, 6) is 0.420. The van der Waals surface area contributed by atoms with Crippen molar-refractivity contribution in [3.63, 3.8) is 0 Å². The number of nitrogens with one attached hydrogen (secondary N) is 1. The van der Waals surface area contributed by atoms with E-state index < -0.39 is 10.0 Å². The average molecular weight is 320 g/mol. The molecule has 1 saturated heterocycles. The maximum absolute atomic E-state index is 12.6. The maximum atomic E-state index is 12.6. The summed E-state index contributed by atoms with van der Waals surface area (Å²) in [6, 6.07) is 8.35. The van der Waals surface area contributed by atoms with Crippen LogP contribution in [0.3, 0.4) is 0 Å². The lowest BCUT2D eigenvalue weighted by Crippen LogP contribution is -2.40. The van der Waals surface area contributed by atoms with Crippen molar-refractivity contribution in [2.75, 3.05) is 31.6 Å². The van der Waals surface area contributed by atoms with Gasteiger partial charge in [0.15, 0.2) is 0 Å². The number of anilines is 2. The molecule has 1 aromatic carbocycles. The number of rotatable bonds is 4. The van der Waals surface area contributed by atoms with Crippen LogP contribution in [-0.4, -0.2) is 49.0 Å². The molecule has 1 aliphatic rings. The minimum atomic E-state index is -3.50. The Morgan fingerprint density at radius 1 is 1.09 bits per heavy atom. The number of hydrogen-bond donors (Lipinski definition) is 1.